The van der Waals surface area contributed by atoms with Gasteiger partial charge in [-0.3, -0.25) is 19.2 Å². The normalized spacial score (nSPS) is 34.9. The number of amides is 3. The van der Waals surface area contributed by atoms with E-state index in [1.165, 1.54) is 6.42 Å². The molecule has 1 saturated heterocycles. The van der Waals surface area contributed by atoms with E-state index in [2.05, 4.69) is 103 Å². The Labute approximate surface area is 387 Å². The van der Waals surface area contributed by atoms with Gasteiger partial charge in [-0.05, 0) is 148 Å². The van der Waals surface area contributed by atoms with Gasteiger partial charge in [0.1, 0.15) is 12.1 Å². The van der Waals surface area contributed by atoms with Gasteiger partial charge in [0.2, 0.25) is 17.7 Å². The Morgan fingerprint density at radius 2 is 1.55 bits per heavy atom. The van der Waals surface area contributed by atoms with Crippen LogP contribution in [-0.4, -0.2) is 73.2 Å². The zero-order chi connectivity index (χ0) is 46.9. The third-order valence-corrected chi connectivity index (χ3v) is 17.2. The third-order valence-electron chi connectivity index (χ3n) is 17.2. The van der Waals surface area contributed by atoms with Crippen molar-refractivity contribution >= 4 is 23.7 Å². The molecule has 1 aliphatic heterocycles. The van der Waals surface area contributed by atoms with Crippen LogP contribution in [0.25, 0.3) is 0 Å². The summed E-state index contributed by atoms with van der Waals surface area (Å²) in [6, 6.07) is -1.58. The molecule has 5 aliphatic rings. The van der Waals surface area contributed by atoms with Crippen molar-refractivity contribution in [2.24, 2.45) is 87.9 Å². The van der Waals surface area contributed by atoms with Crippen LogP contribution in [0.4, 0.5) is 0 Å². The van der Waals surface area contributed by atoms with Crippen molar-refractivity contribution in [1.82, 2.24) is 21.4 Å². The molecule has 16 atom stereocenters. The molecule has 5 rings (SSSR count). The number of hydrogen-bond donors (Lipinski definition) is 6. The Balaban J connectivity index is 1.22. The van der Waals surface area contributed by atoms with E-state index < -0.39 is 12.1 Å². The highest BCUT2D eigenvalue weighted by Gasteiger charge is 2.55. The van der Waals surface area contributed by atoms with Crippen LogP contribution >= 0.6 is 0 Å². The van der Waals surface area contributed by atoms with Crippen LogP contribution in [0, 0.1) is 76.4 Å². The molecule has 12 nitrogen and oxygen atoms in total. The molecule has 0 radical (unpaired) electrons. The minimum atomic E-state index is -0.846. The summed E-state index contributed by atoms with van der Waals surface area (Å²) in [6.07, 6.45) is 17.1. The van der Waals surface area contributed by atoms with Gasteiger partial charge in [0, 0.05) is 30.5 Å². The van der Waals surface area contributed by atoms with Crippen LogP contribution in [0.1, 0.15) is 166 Å². The minimum absolute atomic E-state index is 0.00401. The fourth-order valence-electron chi connectivity index (χ4n) is 13.1. The maximum Gasteiger partial charge on any atom is 0.323 e. The van der Waals surface area contributed by atoms with Crippen molar-refractivity contribution in [1.29, 1.82) is 0 Å². The van der Waals surface area contributed by atoms with Crippen molar-refractivity contribution in [3.05, 3.63) is 12.2 Å². The van der Waals surface area contributed by atoms with Crippen LogP contribution in [-0.2, 0) is 28.8 Å². The molecule has 4 fully saturated rings. The van der Waals surface area contributed by atoms with Crippen LogP contribution in [0.3, 0.4) is 0 Å². The summed E-state index contributed by atoms with van der Waals surface area (Å²) in [7, 11) is 0. The van der Waals surface area contributed by atoms with E-state index in [4.69, 9.17) is 21.0 Å². The molecule has 0 spiro atoms. The molecule has 0 aromatic carbocycles. The van der Waals surface area contributed by atoms with E-state index >= 15 is 0 Å². The van der Waals surface area contributed by atoms with E-state index in [1.54, 1.807) is 0 Å². The molecule has 366 valence electrons. The predicted molar refractivity (Wildman–Crippen MR) is 255 cm³/mol. The van der Waals surface area contributed by atoms with Crippen molar-refractivity contribution < 1.29 is 28.8 Å². The molecule has 3 amide bonds. The zero-order valence-corrected chi connectivity index (χ0v) is 41.7. The van der Waals surface area contributed by atoms with Crippen molar-refractivity contribution in [3.63, 3.8) is 0 Å². The second-order valence-electron chi connectivity index (χ2n) is 23.0. The van der Waals surface area contributed by atoms with E-state index in [1.807, 2.05) is 0 Å². The summed E-state index contributed by atoms with van der Waals surface area (Å²) in [5.74, 6) is 4.20. The Morgan fingerprint density at radius 1 is 0.891 bits per heavy atom. The summed E-state index contributed by atoms with van der Waals surface area (Å²) in [6.45, 7) is 23.8. The number of hydrogen-bond acceptors (Lipinski definition) is 9. The van der Waals surface area contributed by atoms with Crippen LogP contribution in [0.2, 0.25) is 0 Å². The van der Waals surface area contributed by atoms with Gasteiger partial charge in [-0.1, -0.05) is 94.2 Å². The largest absolute Gasteiger partial charge is 0.464 e. The van der Waals surface area contributed by atoms with Crippen LogP contribution < -0.4 is 32.9 Å². The summed E-state index contributed by atoms with van der Waals surface area (Å²) >= 11 is 0. The molecule has 0 bridgehead atoms. The standard InChI is InChI=1S/C52H92N6O6/c1-11-13-35-26-38(18-19-39(27-35)57-50(61)45-21-23-64-58-45)55-46(25-31(4)5)51(62)63-22-20-44(53)49(60)56-40-17-16-37(48(54)59)28-42(47-32(6)41(33(47)7)24-30(2)3)43(29-40)52(9,10)34(8)36-14-12-15-36/h12,14,30-47,55,58H,11,13,15-29,53H2,1-10H3,(H2,54,59)(H,56,60)(H,57,61)/t32-,33+,34-,35?,36+,37?,38?,39?,40?,41+,42+,43?,44-,45-,46-,47?/m0/s1. The average Bonchev–Trinajstić information content (AvgIpc) is 3.68. The van der Waals surface area contributed by atoms with Gasteiger partial charge in [0.25, 0.3) is 0 Å². The molecule has 8 N–H and O–H groups in total. The second kappa shape index (κ2) is 24.0. The topological polar surface area (TPSA) is 187 Å². The van der Waals surface area contributed by atoms with Crippen LogP contribution in [0.15, 0.2) is 12.2 Å². The summed E-state index contributed by atoms with van der Waals surface area (Å²) in [4.78, 5) is 59.1. The van der Waals surface area contributed by atoms with Gasteiger partial charge in [-0.2, -0.15) is 5.48 Å². The first kappa shape index (κ1) is 52.4. The molecular formula is C52H92N6O6. The maximum atomic E-state index is 14.0. The zero-order valence-electron chi connectivity index (χ0n) is 41.7. The second-order valence-corrected chi connectivity index (χ2v) is 23.0. The minimum Gasteiger partial charge on any atom is -0.464 e. The van der Waals surface area contributed by atoms with E-state index in [-0.39, 0.29) is 84.1 Å². The summed E-state index contributed by atoms with van der Waals surface area (Å²) < 4.78 is 5.91. The highest BCUT2D eigenvalue weighted by molar-refractivity contribution is 5.82. The number of carbonyl (C=O) groups excluding carboxylic acids is 4. The highest BCUT2D eigenvalue weighted by atomic mass is 16.7. The molecule has 64 heavy (non-hydrogen) atoms. The summed E-state index contributed by atoms with van der Waals surface area (Å²) in [5, 5.41) is 10.3. The quantitative estimate of drug-likeness (QED) is 0.0384. The van der Waals surface area contributed by atoms with Gasteiger partial charge >= 0.3 is 5.97 Å². The molecule has 4 aliphatic carbocycles. The fourth-order valence-corrected chi connectivity index (χ4v) is 13.1. The lowest BCUT2D eigenvalue weighted by atomic mass is 9.46. The summed E-state index contributed by atoms with van der Waals surface area (Å²) in [5.41, 5.74) is 15.6. The van der Waals surface area contributed by atoms with Gasteiger partial charge < -0.3 is 37.0 Å². The van der Waals surface area contributed by atoms with Crippen molar-refractivity contribution in [3.8, 4) is 0 Å². The van der Waals surface area contributed by atoms with E-state index in [0.717, 1.165) is 57.8 Å². The first-order valence-electron chi connectivity index (χ1n) is 25.9. The van der Waals surface area contributed by atoms with E-state index in [9.17, 15) is 19.2 Å². The van der Waals surface area contributed by atoms with E-state index in [0.29, 0.717) is 85.6 Å². The number of esters is 1. The lowest BCUT2D eigenvalue weighted by Gasteiger charge is -2.59. The Morgan fingerprint density at radius 3 is 2.14 bits per heavy atom. The number of rotatable bonds is 21. The first-order chi connectivity index (χ1) is 30.3. The van der Waals surface area contributed by atoms with Crippen molar-refractivity contribution in [2.75, 3.05) is 13.2 Å². The van der Waals surface area contributed by atoms with Gasteiger partial charge in [0.05, 0.1) is 19.3 Å². The molecule has 1 heterocycles. The maximum absolute atomic E-state index is 14.0. The molecular weight excluding hydrogens is 805 g/mol. The number of nitrogens with two attached hydrogens (primary N) is 2. The first-order valence-corrected chi connectivity index (χ1v) is 25.9. The third kappa shape index (κ3) is 13.8. The molecule has 0 aromatic rings. The van der Waals surface area contributed by atoms with Gasteiger partial charge in [0.15, 0.2) is 0 Å². The average molecular weight is 897 g/mol. The van der Waals surface area contributed by atoms with Crippen LogP contribution in [0.5, 0.6) is 0 Å². The lowest BCUT2D eigenvalue weighted by Crippen LogP contribution is -2.55. The Hall–Kier alpha value is -2.54. The fraction of sp³-hybridized carbons (Fsp3) is 0.885. The predicted octanol–water partition coefficient (Wildman–Crippen LogP) is 7.58. The lowest BCUT2D eigenvalue weighted by molar-refractivity contribution is -0.147. The molecule has 0 aromatic heterocycles. The monoisotopic (exact) mass is 897 g/mol. The highest BCUT2D eigenvalue weighted by Crippen LogP contribution is 2.60. The molecule has 3 saturated carbocycles. The molecule has 7 unspecified atom stereocenters. The smallest absolute Gasteiger partial charge is 0.323 e. The number of hydroxylamine groups is 1. The number of ether oxygens (including phenoxy) is 1. The SMILES string of the molecule is CCCC1CC(NC(=O)[C@@H]2CCON2)CCC(N[C@@H](CC(C)C)C(=O)OCC[C@H](N)C(=O)NC2CCC(C(N)=O)C[C@@H](C3[C@@H](C)[C@@H](CC(C)C)[C@H]3C)C(C(C)(C)[C@@H](C)[C@@H]3C=CC3)C2)C1. The van der Waals surface area contributed by atoms with Crippen molar-refractivity contribution in [2.45, 2.75) is 202 Å². The number of primary amides is 1. The number of nitrogens with one attached hydrogen (secondary N) is 4. The molecule has 12 heteroatoms. The van der Waals surface area contributed by atoms with Gasteiger partial charge in [-0.25, -0.2) is 0 Å². The Kier molecular flexibility index (Phi) is 19.6. The number of allylic oxidation sites excluding steroid dienone is 2. The van der Waals surface area contributed by atoms with Gasteiger partial charge in [-0.15, -0.1) is 0 Å². The Bertz CT molecular complexity index is 1540. The number of carbonyl (C=O) groups is 4.